The van der Waals surface area contributed by atoms with E-state index >= 15 is 0 Å². The molecule has 1 aromatic heterocycles. The van der Waals surface area contributed by atoms with Crippen molar-refractivity contribution in [3.63, 3.8) is 0 Å². The van der Waals surface area contributed by atoms with Crippen LogP contribution in [0.3, 0.4) is 0 Å². The molecule has 0 bridgehead atoms. The second-order valence-electron chi connectivity index (χ2n) is 5.33. The van der Waals surface area contributed by atoms with Crippen LogP contribution in [0.15, 0.2) is 60.8 Å². The zero-order chi connectivity index (χ0) is 16.2. The maximum Gasteiger partial charge on any atom is 0.109 e. The summed E-state index contributed by atoms with van der Waals surface area (Å²) in [5.74, 6) is 0. The molecule has 3 aromatic rings. The molecule has 0 saturated carbocycles. The van der Waals surface area contributed by atoms with E-state index in [1.54, 1.807) is 0 Å². The Hall–Kier alpha value is -1.97. The molecule has 2 aromatic carbocycles. The van der Waals surface area contributed by atoms with Gasteiger partial charge in [0.25, 0.3) is 0 Å². The number of benzene rings is 2. The van der Waals surface area contributed by atoms with E-state index in [2.05, 4.69) is 6.92 Å². The largest absolute Gasteiger partial charge is 0.271 e. The van der Waals surface area contributed by atoms with Crippen LogP contribution in [-0.4, -0.2) is 9.78 Å². The molecule has 0 saturated heterocycles. The van der Waals surface area contributed by atoms with Crippen molar-refractivity contribution >= 4 is 23.8 Å². The van der Waals surface area contributed by atoms with Crippen LogP contribution in [0.2, 0.25) is 5.02 Å². The van der Waals surface area contributed by atoms with E-state index in [1.165, 1.54) is 0 Å². The molecular formula is C19H17ClN2S. The standard InChI is InChI=1S/C19H17ClN2S/c1-2-12-22-13-16(15-10-6-7-11-17(15)20)19(23)18(21-22)14-8-4-3-5-9-14/h3-11,13H,2,12H2,1H3. The summed E-state index contributed by atoms with van der Waals surface area (Å²) in [5.41, 5.74) is 3.75. The Balaban J connectivity index is 2.26. The average Bonchev–Trinajstić information content (AvgIpc) is 2.58. The molecule has 0 spiro atoms. The van der Waals surface area contributed by atoms with Crippen molar-refractivity contribution in [2.75, 3.05) is 0 Å². The van der Waals surface area contributed by atoms with E-state index in [1.807, 2.05) is 65.5 Å². The SMILES string of the molecule is CCCn1cc(-c2ccccc2Cl)c(=S)c(-c2ccccc2)n1. The summed E-state index contributed by atoms with van der Waals surface area (Å²) in [6, 6.07) is 17.8. The minimum Gasteiger partial charge on any atom is -0.271 e. The fourth-order valence-corrected chi connectivity index (χ4v) is 3.10. The molecular weight excluding hydrogens is 324 g/mol. The van der Waals surface area contributed by atoms with E-state index in [-0.39, 0.29) is 0 Å². The maximum atomic E-state index is 6.38. The minimum atomic E-state index is 0.701. The molecule has 4 heteroatoms. The first-order chi connectivity index (χ1) is 11.2. The molecule has 0 N–H and O–H groups in total. The second-order valence-corrected chi connectivity index (χ2v) is 6.14. The van der Waals surface area contributed by atoms with Gasteiger partial charge in [-0.15, -0.1) is 0 Å². The first-order valence-corrected chi connectivity index (χ1v) is 8.41. The molecule has 1 heterocycles. The van der Waals surface area contributed by atoms with E-state index in [0.717, 1.165) is 39.9 Å². The van der Waals surface area contributed by atoms with Gasteiger partial charge in [0.1, 0.15) is 5.69 Å². The fourth-order valence-electron chi connectivity index (χ4n) is 2.54. The summed E-state index contributed by atoms with van der Waals surface area (Å²) in [7, 11) is 0. The van der Waals surface area contributed by atoms with E-state index in [4.69, 9.17) is 28.9 Å². The van der Waals surface area contributed by atoms with Gasteiger partial charge in [0.15, 0.2) is 0 Å². The predicted molar refractivity (Wildman–Crippen MR) is 99.2 cm³/mol. The lowest BCUT2D eigenvalue weighted by atomic mass is 10.0. The van der Waals surface area contributed by atoms with Gasteiger partial charge >= 0.3 is 0 Å². The molecule has 0 unspecified atom stereocenters. The van der Waals surface area contributed by atoms with Crippen LogP contribution in [0.25, 0.3) is 22.4 Å². The van der Waals surface area contributed by atoms with Crippen molar-refractivity contribution in [3.8, 4) is 22.4 Å². The molecule has 116 valence electrons. The van der Waals surface area contributed by atoms with Crippen molar-refractivity contribution in [1.82, 2.24) is 9.78 Å². The lowest BCUT2D eigenvalue weighted by molar-refractivity contribution is 0.591. The van der Waals surface area contributed by atoms with Gasteiger partial charge in [0.2, 0.25) is 0 Å². The van der Waals surface area contributed by atoms with Crippen LogP contribution in [0.1, 0.15) is 13.3 Å². The van der Waals surface area contributed by atoms with E-state index in [9.17, 15) is 0 Å². The average molecular weight is 341 g/mol. The first kappa shape index (κ1) is 15.9. The van der Waals surface area contributed by atoms with Gasteiger partial charge in [-0.3, -0.25) is 4.68 Å². The van der Waals surface area contributed by atoms with Crippen LogP contribution in [0, 0.1) is 4.51 Å². The first-order valence-electron chi connectivity index (χ1n) is 7.62. The Labute approximate surface area is 146 Å². The highest BCUT2D eigenvalue weighted by atomic mass is 35.5. The van der Waals surface area contributed by atoms with Crippen LogP contribution in [-0.2, 0) is 6.54 Å². The number of hydrogen-bond donors (Lipinski definition) is 0. The monoisotopic (exact) mass is 340 g/mol. The molecule has 2 nitrogen and oxygen atoms in total. The third kappa shape index (κ3) is 3.36. The Morgan fingerprint density at radius 1 is 1.00 bits per heavy atom. The third-order valence-electron chi connectivity index (χ3n) is 3.63. The van der Waals surface area contributed by atoms with Gasteiger partial charge in [0.05, 0.1) is 4.51 Å². The van der Waals surface area contributed by atoms with Gasteiger partial charge < -0.3 is 0 Å². The zero-order valence-electron chi connectivity index (χ0n) is 12.9. The maximum absolute atomic E-state index is 6.38. The van der Waals surface area contributed by atoms with Crippen LogP contribution >= 0.6 is 23.8 Å². The number of aryl methyl sites for hydroxylation is 1. The van der Waals surface area contributed by atoms with Gasteiger partial charge in [-0.1, -0.05) is 79.3 Å². The van der Waals surface area contributed by atoms with Gasteiger partial charge in [-0.2, -0.15) is 5.10 Å². The zero-order valence-corrected chi connectivity index (χ0v) is 14.4. The van der Waals surface area contributed by atoms with Crippen molar-refractivity contribution in [3.05, 3.63) is 70.3 Å². The van der Waals surface area contributed by atoms with Gasteiger partial charge in [0, 0.05) is 34.5 Å². The molecule has 0 amide bonds. The van der Waals surface area contributed by atoms with Crippen LogP contribution in [0.5, 0.6) is 0 Å². The summed E-state index contributed by atoms with van der Waals surface area (Å²) in [6.07, 6.45) is 3.00. The molecule has 0 aliphatic rings. The van der Waals surface area contributed by atoms with Crippen molar-refractivity contribution in [1.29, 1.82) is 0 Å². The Morgan fingerprint density at radius 2 is 1.70 bits per heavy atom. The summed E-state index contributed by atoms with van der Waals surface area (Å²) < 4.78 is 2.69. The van der Waals surface area contributed by atoms with Gasteiger partial charge in [-0.05, 0) is 12.5 Å². The van der Waals surface area contributed by atoms with Crippen LogP contribution < -0.4 is 0 Å². The third-order valence-corrected chi connectivity index (χ3v) is 4.37. The molecule has 0 aliphatic heterocycles. The lowest BCUT2D eigenvalue weighted by Gasteiger charge is -2.13. The Morgan fingerprint density at radius 3 is 2.39 bits per heavy atom. The van der Waals surface area contributed by atoms with Crippen molar-refractivity contribution < 1.29 is 0 Å². The van der Waals surface area contributed by atoms with Crippen molar-refractivity contribution in [2.24, 2.45) is 0 Å². The van der Waals surface area contributed by atoms with E-state index in [0.29, 0.717) is 5.02 Å². The summed E-state index contributed by atoms with van der Waals surface area (Å²) >= 11 is 12.1. The molecule has 0 fully saturated rings. The van der Waals surface area contributed by atoms with Crippen LogP contribution in [0.4, 0.5) is 0 Å². The molecule has 0 atom stereocenters. The topological polar surface area (TPSA) is 17.8 Å². The summed E-state index contributed by atoms with van der Waals surface area (Å²) in [5, 5.41) is 5.42. The number of rotatable bonds is 4. The normalized spacial score (nSPS) is 10.7. The van der Waals surface area contributed by atoms with Gasteiger partial charge in [-0.25, -0.2) is 0 Å². The Bertz CT molecular complexity index is 872. The van der Waals surface area contributed by atoms with Crippen molar-refractivity contribution in [2.45, 2.75) is 19.9 Å². The highest BCUT2D eigenvalue weighted by molar-refractivity contribution is 7.71. The fraction of sp³-hybridized carbons (Fsp3) is 0.158. The highest BCUT2D eigenvalue weighted by Crippen LogP contribution is 2.31. The molecule has 0 radical (unpaired) electrons. The molecule has 3 rings (SSSR count). The number of hydrogen-bond acceptors (Lipinski definition) is 2. The smallest absolute Gasteiger partial charge is 0.109 e. The van der Waals surface area contributed by atoms with E-state index < -0.39 is 0 Å². The number of aromatic nitrogens is 2. The predicted octanol–water partition coefficient (Wildman–Crippen LogP) is 6.01. The summed E-state index contributed by atoms with van der Waals surface area (Å²) in [4.78, 5) is 0. The second kappa shape index (κ2) is 7.07. The minimum absolute atomic E-state index is 0.701. The quantitative estimate of drug-likeness (QED) is 0.541. The Kier molecular flexibility index (Phi) is 4.89. The number of nitrogens with zero attached hydrogens (tertiary/aromatic N) is 2. The lowest BCUT2D eigenvalue weighted by Crippen LogP contribution is -2.06. The summed E-state index contributed by atoms with van der Waals surface area (Å²) in [6.45, 7) is 2.97. The highest BCUT2D eigenvalue weighted by Gasteiger charge is 2.12. The number of halogens is 1. The molecule has 0 aliphatic carbocycles. The molecule has 23 heavy (non-hydrogen) atoms.